The number of benzene rings is 1. The smallest absolute Gasteiger partial charge is 0.254 e. The molecule has 0 bridgehead atoms. The van der Waals surface area contributed by atoms with Crippen LogP contribution in [0.1, 0.15) is 10.4 Å². The Hall–Kier alpha value is -1.88. The summed E-state index contributed by atoms with van der Waals surface area (Å²) in [6, 6.07) is 10.5. The van der Waals surface area contributed by atoms with Crippen molar-refractivity contribution in [1.29, 1.82) is 0 Å². The Balaban J connectivity index is 2.37. The topological polar surface area (TPSA) is 65.2 Å². The number of halogens is 1. The number of carbonyl (C=O) groups is 1. The van der Waals surface area contributed by atoms with E-state index in [9.17, 15) is 4.79 Å². The number of hydrogen-bond acceptors (Lipinski definition) is 3. The number of aromatic nitrogens is 1. The number of rotatable bonds is 3. The zero-order chi connectivity index (χ0) is 12.3. The lowest BCUT2D eigenvalue weighted by Crippen LogP contribution is -2.12. The number of amides is 1. The number of nitrogens with zero attached hydrogens (tertiary/aromatic N) is 1. The summed E-state index contributed by atoms with van der Waals surface area (Å²) in [5.41, 5.74) is 5.49. The van der Waals surface area contributed by atoms with Crippen LogP contribution in [0.2, 0.25) is 0 Å². The van der Waals surface area contributed by atoms with Gasteiger partial charge in [0.05, 0.1) is 4.47 Å². The largest absolute Gasteiger partial charge is 0.437 e. The predicted octanol–water partition coefficient (Wildman–Crippen LogP) is 2.74. The average Bonchev–Trinajstić information content (AvgIpc) is 2.32. The summed E-state index contributed by atoms with van der Waals surface area (Å²) in [4.78, 5) is 15.2. The minimum atomic E-state index is -0.569. The van der Waals surface area contributed by atoms with Gasteiger partial charge in [0.15, 0.2) is 0 Å². The van der Waals surface area contributed by atoms with Gasteiger partial charge in [-0.3, -0.25) is 4.79 Å². The molecule has 1 aromatic heterocycles. The van der Waals surface area contributed by atoms with E-state index in [0.29, 0.717) is 5.75 Å². The normalized spacial score (nSPS) is 9.94. The van der Waals surface area contributed by atoms with E-state index in [-0.39, 0.29) is 11.4 Å². The van der Waals surface area contributed by atoms with Gasteiger partial charge in [-0.25, -0.2) is 4.98 Å². The Morgan fingerprint density at radius 1 is 1.24 bits per heavy atom. The zero-order valence-corrected chi connectivity index (χ0v) is 10.3. The maximum Gasteiger partial charge on any atom is 0.254 e. The second-order valence-corrected chi connectivity index (χ2v) is 4.11. The van der Waals surface area contributed by atoms with Crippen molar-refractivity contribution in [3.63, 3.8) is 0 Å². The van der Waals surface area contributed by atoms with Gasteiger partial charge in [0.2, 0.25) is 5.88 Å². The fourth-order valence-corrected chi connectivity index (χ4v) is 1.66. The fourth-order valence-electron chi connectivity index (χ4n) is 1.29. The van der Waals surface area contributed by atoms with Crippen LogP contribution >= 0.6 is 15.9 Å². The number of ether oxygens (including phenoxy) is 1. The van der Waals surface area contributed by atoms with Crippen LogP contribution in [0, 0.1) is 0 Å². The second kappa shape index (κ2) is 4.97. The van der Waals surface area contributed by atoms with Crippen LogP contribution in [0.15, 0.2) is 47.1 Å². The molecular formula is C12H9BrN2O2. The van der Waals surface area contributed by atoms with E-state index < -0.39 is 5.91 Å². The highest BCUT2D eigenvalue weighted by Gasteiger charge is 2.11. The lowest BCUT2D eigenvalue weighted by molar-refractivity contribution is 0.0997. The Bertz CT molecular complexity index is 558. The minimum Gasteiger partial charge on any atom is -0.437 e. The standard InChI is InChI=1S/C12H9BrN2O2/c13-9-5-1-2-6-10(9)17-12-8(11(14)16)4-3-7-15-12/h1-7H,(H2,14,16). The highest BCUT2D eigenvalue weighted by Crippen LogP contribution is 2.29. The molecule has 0 unspecified atom stereocenters. The van der Waals surface area contributed by atoms with Crippen LogP contribution in [0.5, 0.6) is 11.6 Å². The molecular weight excluding hydrogens is 284 g/mol. The molecule has 2 aromatic rings. The maximum absolute atomic E-state index is 11.2. The summed E-state index contributed by atoms with van der Waals surface area (Å²) in [5, 5.41) is 0. The first-order valence-electron chi connectivity index (χ1n) is 4.85. The lowest BCUT2D eigenvalue weighted by Gasteiger charge is -2.08. The van der Waals surface area contributed by atoms with E-state index in [0.717, 1.165) is 4.47 Å². The van der Waals surface area contributed by atoms with Crippen LogP contribution in [0.25, 0.3) is 0 Å². The molecule has 5 heteroatoms. The third kappa shape index (κ3) is 2.62. The third-order valence-electron chi connectivity index (χ3n) is 2.08. The highest BCUT2D eigenvalue weighted by molar-refractivity contribution is 9.10. The van der Waals surface area contributed by atoms with Gasteiger partial charge in [0, 0.05) is 6.20 Å². The minimum absolute atomic E-state index is 0.201. The first-order chi connectivity index (χ1) is 8.18. The zero-order valence-electron chi connectivity index (χ0n) is 8.76. The van der Waals surface area contributed by atoms with Crippen molar-refractivity contribution < 1.29 is 9.53 Å². The Kier molecular flexibility index (Phi) is 3.39. The van der Waals surface area contributed by atoms with Crippen molar-refractivity contribution in [2.45, 2.75) is 0 Å². The summed E-state index contributed by atoms with van der Waals surface area (Å²) in [7, 11) is 0. The Morgan fingerprint density at radius 3 is 2.71 bits per heavy atom. The van der Waals surface area contributed by atoms with E-state index in [4.69, 9.17) is 10.5 Å². The molecule has 86 valence electrons. The second-order valence-electron chi connectivity index (χ2n) is 3.25. The van der Waals surface area contributed by atoms with Crippen LogP contribution in [-0.4, -0.2) is 10.9 Å². The predicted molar refractivity (Wildman–Crippen MR) is 67.0 cm³/mol. The monoisotopic (exact) mass is 292 g/mol. The summed E-state index contributed by atoms with van der Waals surface area (Å²) >= 11 is 3.35. The number of carbonyl (C=O) groups excluding carboxylic acids is 1. The van der Waals surface area contributed by atoms with Crippen molar-refractivity contribution in [3.8, 4) is 11.6 Å². The van der Waals surface area contributed by atoms with Crippen molar-refractivity contribution in [2.75, 3.05) is 0 Å². The van der Waals surface area contributed by atoms with Gasteiger partial charge in [0.1, 0.15) is 11.3 Å². The number of primary amides is 1. The van der Waals surface area contributed by atoms with Gasteiger partial charge in [-0.15, -0.1) is 0 Å². The molecule has 0 aliphatic carbocycles. The maximum atomic E-state index is 11.2. The highest BCUT2D eigenvalue weighted by atomic mass is 79.9. The van der Waals surface area contributed by atoms with Gasteiger partial charge < -0.3 is 10.5 Å². The molecule has 0 saturated carbocycles. The van der Waals surface area contributed by atoms with E-state index in [2.05, 4.69) is 20.9 Å². The molecule has 17 heavy (non-hydrogen) atoms. The van der Waals surface area contributed by atoms with Crippen LogP contribution < -0.4 is 10.5 Å². The number of hydrogen-bond donors (Lipinski definition) is 1. The van der Waals surface area contributed by atoms with E-state index in [1.54, 1.807) is 24.4 Å². The van der Waals surface area contributed by atoms with Gasteiger partial charge in [-0.1, -0.05) is 12.1 Å². The Morgan fingerprint density at radius 2 is 2.00 bits per heavy atom. The Labute approximate surface area is 107 Å². The average molecular weight is 293 g/mol. The van der Waals surface area contributed by atoms with Crippen molar-refractivity contribution in [1.82, 2.24) is 4.98 Å². The molecule has 0 atom stereocenters. The third-order valence-corrected chi connectivity index (χ3v) is 2.74. The summed E-state index contributed by atoms with van der Waals surface area (Å²) < 4.78 is 6.32. The van der Waals surface area contributed by atoms with E-state index in [1.807, 2.05) is 18.2 Å². The molecule has 0 aliphatic heterocycles. The molecule has 4 nitrogen and oxygen atoms in total. The van der Waals surface area contributed by atoms with Crippen molar-refractivity contribution in [2.24, 2.45) is 5.73 Å². The molecule has 1 heterocycles. The van der Waals surface area contributed by atoms with Gasteiger partial charge in [-0.05, 0) is 40.2 Å². The quantitative estimate of drug-likeness (QED) is 0.946. The lowest BCUT2D eigenvalue weighted by atomic mass is 10.2. The summed E-state index contributed by atoms with van der Waals surface area (Å²) in [5.74, 6) is 0.209. The van der Waals surface area contributed by atoms with Crippen molar-refractivity contribution in [3.05, 3.63) is 52.6 Å². The summed E-state index contributed by atoms with van der Waals surface area (Å²) in [6.07, 6.45) is 1.54. The number of nitrogens with two attached hydrogens (primary N) is 1. The van der Waals surface area contributed by atoms with Gasteiger partial charge >= 0.3 is 0 Å². The number of para-hydroxylation sites is 1. The fraction of sp³-hybridized carbons (Fsp3) is 0. The molecule has 0 saturated heterocycles. The molecule has 0 radical (unpaired) electrons. The van der Waals surface area contributed by atoms with Gasteiger partial charge in [-0.2, -0.15) is 0 Å². The molecule has 1 amide bonds. The molecule has 0 spiro atoms. The molecule has 2 N–H and O–H groups in total. The number of pyridine rings is 1. The molecule has 2 rings (SSSR count). The van der Waals surface area contributed by atoms with Crippen LogP contribution in [-0.2, 0) is 0 Å². The van der Waals surface area contributed by atoms with E-state index >= 15 is 0 Å². The first-order valence-corrected chi connectivity index (χ1v) is 5.65. The van der Waals surface area contributed by atoms with Crippen LogP contribution in [0.4, 0.5) is 0 Å². The first kappa shape index (κ1) is 11.6. The molecule has 1 aromatic carbocycles. The van der Waals surface area contributed by atoms with Gasteiger partial charge in [0.25, 0.3) is 5.91 Å². The van der Waals surface area contributed by atoms with Crippen molar-refractivity contribution >= 4 is 21.8 Å². The molecule has 0 fully saturated rings. The van der Waals surface area contributed by atoms with E-state index in [1.165, 1.54) is 0 Å². The SMILES string of the molecule is NC(=O)c1cccnc1Oc1ccccc1Br. The molecule has 0 aliphatic rings. The van der Waals surface area contributed by atoms with Crippen LogP contribution in [0.3, 0.4) is 0 Å². The summed E-state index contributed by atoms with van der Waals surface area (Å²) in [6.45, 7) is 0.